The van der Waals surface area contributed by atoms with E-state index in [2.05, 4.69) is 15.3 Å². The van der Waals surface area contributed by atoms with E-state index in [0.29, 0.717) is 5.56 Å². The Morgan fingerprint density at radius 1 is 1.20 bits per heavy atom. The van der Waals surface area contributed by atoms with Crippen molar-refractivity contribution in [2.45, 2.75) is 6.42 Å². The summed E-state index contributed by atoms with van der Waals surface area (Å²) in [4.78, 5) is 21.7. The number of pyridine rings is 2. The van der Waals surface area contributed by atoms with Crippen molar-refractivity contribution >= 4 is 11.7 Å². The number of carbonyl (C=O) groups excluding carboxylic acids is 1. The Bertz CT molecular complexity index is 552. The predicted molar refractivity (Wildman–Crippen MR) is 78.7 cm³/mol. The summed E-state index contributed by atoms with van der Waals surface area (Å²) in [7, 11) is 3.45. The van der Waals surface area contributed by atoms with Gasteiger partial charge in [0.05, 0.1) is 5.56 Å². The van der Waals surface area contributed by atoms with Crippen LogP contribution in [0.2, 0.25) is 0 Å². The average molecular weight is 270 g/mol. The maximum atomic E-state index is 11.7. The van der Waals surface area contributed by atoms with Gasteiger partial charge in [-0.05, 0) is 24.3 Å². The topological polar surface area (TPSA) is 58.1 Å². The lowest BCUT2D eigenvalue weighted by molar-refractivity contribution is 0.0827. The zero-order chi connectivity index (χ0) is 14.4. The second-order valence-electron chi connectivity index (χ2n) is 4.63. The molecule has 1 amide bonds. The van der Waals surface area contributed by atoms with Crippen molar-refractivity contribution in [1.82, 2.24) is 14.9 Å². The smallest absolute Gasteiger partial charge is 0.254 e. The Kier molecular flexibility index (Phi) is 4.65. The first-order valence-electron chi connectivity index (χ1n) is 6.48. The Hall–Kier alpha value is -2.43. The number of aromatic nitrogens is 2. The largest absolute Gasteiger partial charge is 0.370 e. The SMILES string of the molecule is CN(C)C(=O)c1ccc(NCCc2ccccn2)nc1. The molecule has 104 valence electrons. The van der Waals surface area contributed by atoms with Crippen LogP contribution in [0.1, 0.15) is 16.1 Å². The van der Waals surface area contributed by atoms with Crippen LogP contribution in [0.3, 0.4) is 0 Å². The van der Waals surface area contributed by atoms with Crippen LogP contribution in [0.15, 0.2) is 42.7 Å². The lowest BCUT2D eigenvalue weighted by Gasteiger charge is -2.10. The number of carbonyl (C=O) groups is 1. The molecule has 0 aliphatic heterocycles. The Morgan fingerprint density at radius 2 is 2.05 bits per heavy atom. The molecule has 1 N–H and O–H groups in total. The summed E-state index contributed by atoms with van der Waals surface area (Å²) in [6.07, 6.45) is 4.21. The molecule has 0 spiro atoms. The third kappa shape index (κ3) is 3.78. The standard InChI is InChI=1S/C15H18N4O/c1-19(2)15(20)12-6-7-14(18-11-12)17-10-8-13-5-3-4-9-16-13/h3-7,9,11H,8,10H2,1-2H3,(H,17,18). The number of rotatable bonds is 5. The first-order valence-corrected chi connectivity index (χ1v) is 6.48. The molecular weight excluding hydrogens is 252 g/mol. The molecule has 2 rings (SSSR count). The van der Waals surface area contributed by atoms with E-state index < -0.39 is 0 Å². The van der Waals surface area contributed by atoms with Crippen LogP contribution in [-0.4, -0.2) is 41.4 Å². The number of amides is 1. The molecule has 0 aliphatic carbocycles. The number of hydrogen-bond donors (Lipinski definition) is 1. The summed E-state index contributed by atoms with van der Waals surface area (Å²) < 4.78 is 0. The average Bonchev–Trinajstić information content (AvgIpc) is 2.48. The summed E-state index contributed by atoms with van der Waals surface area (Å²) in [6.45, 7) is 0.755. The third-order valence-corrected chi connectivity index (χ3v) is 2.83. The molecule has 0 fully saturated rings. The minimum atomic E-state index is -0.0439. The van der Waals surface area contributed by atoms with Gasteiger partial charge in [-0.2, -0.15) is 0 Å². The van der Waals surface area contributed by atoms with Gasteiger partial charge in [0.25, 0.3) is 5.91 Å². The zero-order valence-corrected chi connectivity index (χ0v) is 11.7. The monoisotopic (exact) mass is 270 g/mol. The molecule has 0 saturated heterocycles. The fourth-order valence-corrected chi connectivity index (χ4v) is 1.75. The predicted octanol–water partition coefficient (Wildman–Crippen LogP) is 1.83. The maximum absolute atomic E-state index is 11.7. The molecule has 0 aliphatic rings. The third-order valence-electron chi connectivity index (χ3n) is 2.83. The molecule has 5 nitrogen and oxygen atoms in total. The van der Waals surface area contributed by atoms with Gasteiger partial charge in [-0.15, -0.1) is 0 Å². The highest BCUT2D eigenvalue weighted by Crippen LogP contribution is 2.07. The number of nitrogens with one attached hydrogen (secondary N) is 1. The van der Waals surface area contributed by atoms with E-state index >= 15 is 0 Å². The molecule has 0 unspecified atom stereocenters. The van der Waals surface area contributed by atoms with Crippen LogP contribution in [0.5, 0.6) is 0 Å². The second-order valence-corrected chi connectivity index (χ2v) is 4.63. The molecule has 0 aromatic carbocycles. The van der Waals surface area contributed by atoms with Crippen LogP contribution in [0.25, 0.3) is 0 Å². The minimum Gasteiger partial charge on any atom is -0.370 e. The van der Waals surface area contributed by atoms with Crippen molar-refractivity contribution in [2.75, 3.05) is 26.0 Å². The molecule has 2 aromatic heterocycles. The highest BCUT2D eigenvalue weighted by atomic mass is 16.2. The molecule has 0 bridgehead atoms. The van der Waals surface area contributed by atoms with Gasteiger partial charge in [-0.1, -0.05) is 6.07 Å². The normalized spacial score (nSPS) is 10.1. The van der Waals surface area contributed by atoms with Gasteiger partial charge in [0.15, 0.2) is 0 Å². The molecule has 0 radical (unpaired) electrons. The van der Waals surface area contributed by atoms with Gasteiger partial charge in [0.1, 0.15) is 5.82 Å². The van der Waals surface area contributed by atoms with E-state index in [1.807, 2.05) is 24.3 Å². The quantitative estimate of drug-likeness (QED) is 0.900. The van der Waals surface area contributed by atoms with Gasteiger partial charge in [-0.25, -0.2) is 4.98 Å². The highest BCUT2D eigenvalue weighted by Gasteiger charge is 2.07. The summed E-state index contributed by atoms with van der Waals surface area (Å²) in [5, 5.41) is 3.21. The second kappa shape index (κ2) is 6.65. The molecule has 0 saturated carbocycles. The van der Waals surface area contributed by atoms with Gasteiger partial charge in [0, 0.05) is 45.1 Å². The van der Waals surface area contributed by atoms with Crippen LogP contribution in [0, 0.1) is 0 Å². The zero-order valence-electron chi connectivity index (χ0n) is 11.7. The first-order chi connectivity index (χ1) is 9.66. The van der Waals surface area contributed by atoms with Crippen LogP contribution >= 0.6 is 0 Å². The van der Waals surface area contributed by atoms with Gasteiger partial charge >= 0.3 is 0 Å². The number of nitrogens with zero attached hydrogens (tertiary/aromatic N) is 3. The molecule has 20 heavy (non-hydrogen) atoms. The number of hydrogen-bond acceptors (Lipinski definition) is 4. The fraction of sp³-hybridized carbons (Fsp3) is 0.267. The lowest BCUT2D eigenvalue weighted by atomic mass is 10.2. The minimum absolute atomic E-state index is 0.0439. The Balaban J connectivity index is 1.87. The van der Waals surface area contributed by atoms with E-state index in [9.17, 15) is 4.79 Å². The van der Waals surface area contributed by atoms with Gasteiger partial charge in [-0.3, -0.25) is 9.78 Å². The molecule has 2 aromatic rings. The summed E-state index contributed by atoms with van der Waals surface area (Å²) in [5.41, 5.74) is 1.63. The van der Waals surface area contributed by atoms with Crippen LogP contribution in [0.4, 0.5) is 5.82 Å². The molecule has 5 heteroatoms. The first kappa shape index (κ1) is 14.0. The highest BCUT2D eigenvalue weighted by molar-refractivity contribution is 5.93. The Morgan fingerprint density at radius 3 is 2.65 bits per heavy atom. The van der Waals surface area contributed by atoms with E-state index in [4.69, 9.17) is 0 Å². The van der Waals surface area contributed by atoms with E-state index in [1.54, 1.807) is 32.6 Å². The fourth-order valence-electron chi connectivity index (χ4n) is 1.75. The van der Waals surface area contributed by atoms with Crippen molar-refractivity contribution in [1.29, 1.82) is 0 Å². The van der Waals surface area contributed by atoms with E-state index in [-0.39, 0.29) is 5.91 Å². The van der Waals surface area contributed by atoms with Crippen molar-refractivity contribution in [3.05, 3.63) is 54.0 Å². The van der Waals surface area contributed by atoms with E-state index in [0.717, 1.165) is 24.5 Å². The summed E-state index contributed by atoms with van der Waals surface area (Å²) in [6, 6.07) is 9.46. The molecule has 2 heterocycles. The van der Waals surface area contributed by atoms with E-state index in [1.165, 1.54) is 4.90 Å². The maximum Gasteiger partial charge on any atom is 0.254 e. The summed E-state index contributed by atoms with van der Waals surface area (Å²) in [5.74, 6) is 0.716. The van der Waals surface area contributed by atoms with Gasteiger partial charge in [0.2, 0.25) is 0 Å². The lowest BCUT2D eigenvalue weighted by Crippen LogP contribution is -2.21. The van der Waals surface area contributed by atoms with Crippen LogP contribution < -0.4 is 5.32 Å². The van der Waals surface area contributed by atoms with Crippen molar-refractivity contribution in [2.24, 2.45) is 0 Å². The molecular formula is C15H18N4O. The number of anilines is 1. The van der Waals surface area contributed by atoms with Crippen molar-refractivity contribution in [3.63, 3.8) is 0 Å². The van der Waals surface area contributed by atoms with Crippen LogP contribution in [-0.2, 0) is 6.42 Å². The summed E-state index contributed by atoms with van der Waals surface area (Å²) >= 11 is 0. The van der Waals surface area contributed by atoms with Gasteiger partial charge < -0.3 is 10.2 Å². The molecule has 0 atom stereocenters. The van der Waals surface area contributed by atoms with Crippen molar-refractivity contribution < 1.29 is 4.79 Å². The van der Waals surface area contributed by atoms with Crippen molar-refractivity contribution in [3.8, 4) is 0 Å². The Labute approximate surface area is 118 Å².